The van der Waals surface area contributed by atoms with E-state index in [0.717, 1.165) is 57.8 Å². The highest BCUT2D eigenvalue weighted by Gasteiger charge is 2.18. The number of aliphatic hydroxyl groups excluding tert-OH is 2. The lowest BCUT2D eigenvalue weighted by molar-refractivity contribution is -0.143. The van der Waals surface area contributed by atoms with E-state index in [1.54, 1.807) is 6.08 Å². The highest BCUT2D eigenvalue weighted by atomic mass is 16.5. The number of unbranched alkanes of at least 4 members (excludes halogenated alkanes) is 49. The lowest BCUT2D eigenvalue weighted by Crippen LogP contribution is -2.45. The fourth-order valence-corrected chi connectivity index (χ4v) is 10.4. The van der Waals surface area contributed by atoms with Gasteiger partial charge in [-0.05, 0) is 57.8 Å². The topological polar surface area (TPSA) is 95.9 Å². The van der Waals surface area contributed by atoms with E-state index >= 15 is 0 Å². The van der Waals surface area contributed by atoms with Crippen LogP contribution in [-0.4, -0.2) is 47.4 Å². The van der Waals surface area contributed by atoms with Crippen LogP contribution in [0, 0.1) is 0 Å². The van der Waals surface area contributed by atoms with Crippen molar-refractivity contribution >= 4 is 11.9 Å². The number of hydrogen-bond donors (Lipinski definition) is 3. The van der Waals surface area contributed by atoms with Crippen LogP contribution in [0.2, 0.25) is 0 Å². The summed E-state index contributed by atoms with van der Waals surface area (Å²) in [7, 11) is 0. The van der Waals surface area contributed by atoms with Gasteiger partial charge < -0.3 is 20.3 Å². The van der Waals surface area contributed by atoms with Gasteiger partial charge in [-0.2, -0.15) is 0 Å². The van der Waals surface area contributed by atoms with Gasteiger partial charge in [-0.15, -0.1) is 0 Å². The van der Waals surface area contributed by atoms with Crippen LogP contribution < -0.4 is 5.32 Å². The second kappa shape index (κ2) is 62.9. The molecule has 3 N–H and O–H groups in total. The highest BCUT2D eigenvalue weighted by Crippen LogP contribution is 2.18. The molecule has 0 aliphatic rings. The molecule has 0 aliphatic carbocycles. The van der Waals surface area contributed by atoms with Crippen LogP contribution in [-0.2, 0) is 14.3 Å². The number of aliphatic hydroxyl groups is 2. The first kappa shape index (κ1) is 71.3. The molecular weight excluding hydrogens is 899 g/mol. The van der Waals surface area contributed by atoms with Crippen LogP contribution >= 0.6 is 0 Å². The molecule has 0 rings (SSSR count). The second-order valence-electron chi connectivity index (χ2n) is 22.8. The average Bonchev–Trinajstić information content (AvgIpc) is 3.39. The second-order valence-corrected chi connectivity index (χ2v) is 22.8. The first-order chi connectivity index (χ1) is 36.0. The highest BCUT2D eigenvalue weighted by molar-refractivity contribution is 5.76. The lowest BCUT2D eigenvalue weighted by atomic mass is 10.0. The van der Waals surface area contributed by atoms with Gasteiger partial charge in [-0.25, -0.2) is 0 Å². The number of allylic oxidation sites excluding steroid dienone is 3. The monoisotopic (exact) mass is 1030 g/mol. The fraction of sp³-hybridized carbons (Fsp3) is 0.910. The van der Waals surface area contributed by atoms with Gasteiger partial charge in [0.25, 0.3) is 0 Å². The number of amides is 1. The first-order valence-electron chi connectivity index (χ1n) is 33.1. The Bertz CT molecular complexity index is 1140. The zero-order chi connectivity index (χ0) is 52.9. The Labute approximate surface area is 456 Å². The Balaban J connectivity index is 3.45. The van der Waals surface area contributed by atoms with E-state index in [0.29, 0.717) is 19.4 Å². The maximum absolute atomic E-state index is 12.5. The minimum atomic E-state index is -0.853. The molecule has 0 fully saturated rings. The number of carbonyl (C=O) groups is 2. The van der Waals surface area contributed by atoms with Crippen molar-refractivity contribution in [3.8, 4) is 0 Å². The zero-order valence-electron chi connectivity index (χ0n) is 49.4. The summed E-state index contributed by atoms with van der Waals surface area (Å²) in [5.74, 6) is -0.0738. The Morgan fingerprint density at radius 2 is 0.644 bits per heavy atom. The third kappa shape index (κ3) is 59.4. The Morgan fingerprint density at radius 1 is 0.370 bits per heavy atom. The molecular formula is C67H129NO5. The largest absolute Gasteiger partial charge is 0.466 e. The quantitative estimate of drug-likeness (QED) is 0.0320. The minimum absolute atomic E-state index is 0.00279. The van der Waals surface area contributed by atoms with Gasteiger partial charge in [-0.1, -0.05) is 321 Å². The predicted molar refractivity (Wildman–Crippen MR) is 320 cm³/mol. The molecule has 432 valence electrons. The van der Waals surface area contributed by atoms with Gasteiger partial charge in [0.05, 0.1) is 25.4 Å². The molecule has 0 aromatic carbocycles. The molecule has 0 bridgehead atoms. The molecule has 0 aromatic heterocycles. The van der Waals surface area contributed by atoms with Gasteiger partial charge in [0.15, 0.2) is 0 Å². The number of nitrogens with one attached hydrogen (secondary N) is 1. The fourth-order valence-electron chi connectivity index (χ4n) is 10.4. The molecule has 0 aliphatic heterocycles. The van der Waals surface area contributed by atoms with Crippen molar-refractivity contribution in [3.63, 3.8) is 0 Å². The van der Waals surface area contributed by atoms with Crippen molar-refractivity contribution in [1.29, 1.82) is 0 Å². The Morgan fingerprint density at radius 3 is 0.973 bits per heavy atom. The van der Waals surface area contributed by atoms with E-state index in [4.69, 9.17) is 4.74 Å². The standard InChI is InChI=1S/C67H129NO5/c1-3-5-7-9-11-13-15-17-19-21-23-25-27-31-35-39-43-47-51-55-59-65(70)64(63-69)68-66(71)60-56-52-48-44-40-36-32-28-26-30-34-38-42-46-50-54-58-62-73-67(72)61-57-53-49-45-41-37-33-29-24-22-20-18-16-14-12-10-8-6-4-2/h26,30,55,59,64-65,69-70H,3-25,27-29,31-54,56-58,60-63H2,1-2H3,(H,68,71)/b30-26-,59-55+. The Kier molecular flexibility index (Phi) is 61.4. The number of hydrogen-bond acceptors (Lipinski definition) is 5. The lowest BCUT2D eigenvalue weighted by Gasteiger charge is -2.20. The average molecular weight is 1030 g/mol. The number of ether oxygens (including phenoxy) is 1. The molecule has 1 amide bonds. The summed E-state index contributed by atoms with van der Waals surface area (Å²) >= 11 is 0. The number of esters is 1. The van der Waals surface area contributed by atoms with Crippen molar-refractivity contribution in [2.24, 2.45) is 0 Å². The zero-order valence-corrected chi connectivity index (χ0v) is 49.4. The first-order valence-corrected chi connectivity index (χ1v) is 33.1. The summed E-state index contributed by atoms with van der Waals surface area (Å²) < 4.78 is 5.50. The van der Waals surface area contributed by atoms with E-state index < -0.39 is 12.1 Å². The third-order valence-electron chi connectivity index (χ3n) is 15.5. The molecule has 0 aromatic rings. The van der Waals surface area contributed by atoms with Crippen molar-refractivity contribution < 1.29 is 24.5 Å². The maximum atomic E-state index is 12.5. The van der Waals surface area contributed by atoms with E-state index in [2.05, 4.69) is 31.3 Å². The predicted octanol–water partition coefficient (Wildman–Crippen LogP) is 21.0. The summed E-state index contributed by atoms with van der Waals surface area (Å²) in [6.45, 7) is 4.92. The molecule has 73 heavy (non-hydrogen) atoms. The summed E-state index contributed by atoms with van der Waals surface area (Å²) in [6.07, 6.45) is 78.0. The van der Waals surface area contributed by atoms with Crippen LogP contribution in [0.15, 0.2) is 24.3 Å². The van der Waals surface area contributed by atoms with Crippen molar-refractivity contribution in [3.05, 3.63) is 24.3 Å². The van der Waals surface area contributed by atoms with Gasteiger partial charge >= 0.3 is 5.97 Å². The van der Waals surface area contributed by atoms with Crippen molar-refractivity contribution in [1.82, 2.24) is 5.32 Å². The van der Waals surface area contributed by atoms with Crippen molar-refractivity contribution in [2.75, 3.05) is 13.2 Å². The molecule has 0 radical (unpaired) electrons. The van der Waals surface area contributed by atoms with E-state index in [1.165, 1.54) is 283 Å². The van der Waals surface area contributed by atoms with Gasteiger partial charge in [0.1, 0.15) is 0 Å². The van der Waals surface area contributed by atoms with E-state index in [-0.39, 0.29) is 18.5 Å². The minimum Gasteiger partial charge on any atom is -0.466 e. The van der Waals surface area contributed by atoms with E-state index in [9.17, 15) is 19.8 Å². The van der Waals surface area contributed by atoms with Crippen LogP contribution in [0.1, 0.15) is 367 Å². The summed E-state index contributed by atoms with van der Waals surface area (Å²) in [6, 6.07) is -0.637. The smallest absolute Gasteiger partial charge is 0.305 e. The summed E-state index contributed by atoms with van der Waals surface area (Å²) in [5, 5.41) is 23.2. The molecule has 0 saturated heterocycles. The SMILES string of the molecule is CCCCCCCCCCCCCCCCCCCC/C=C/C(O)C(CO)NC(=O)CCCCCCCCC/C=C\CCCCCCCCOC(=O)CCCCCCCCCCCCCCCCCCCCC. The van der Waals surface area contributed by atoms with Gasteiger partial charge in [0.2, 0.25) is 5.91 Å². The summed E-state index contributed by atoms with van der Waals surface area (Å²) in [5.41, 5.74) is 0. The molecule has 2 atom stereocenters. The van der Waals surface area contributed by atoms with Crippen LogP contribution in [0.5, 0.6) is 0 Å². The van der Waals surface area contributed by atoms with Crippen LogP contribution in [0.4, 0.5) is 0 Å². The molecule has 0 saturated carbocycles. The van der Waals surface area contributed by atoms with Crippen LogP contribution in [0.25, 0.3) is 0 Å². The third-order valence-corrected chi connectivity index (χ3v) is 15.5. The molecule has 2 unspecified atom stereocenters. The number of carbonyl (C=O) groups excluding carboxylic acids is 2. The number of rotatable bonds is 62. The van der Waals surface area contributed by atoms with E-state index in [1.807, 2.05) is 6.08 Å². The molecule has 6 nitrogen and oxygen atoms in total. The molecule has 6 heteroatoms. The van der Waals surface area contributed by atoms with Gasteiger partial charge in [-0.3, -0.25) is 9.59 Å². The molecule has 0 heterocycles. The maximum Gasteiger partial charge on any atom is 0.305 e. The normalized spacial score (nSPS) is 12.7. The summed E-state index contributed by atoms with van der Waals surface area (Å²) in [4.78, 5) is 24.6. The van der Waals surface area contributed by atoms with Gasteiger partial charge in [0, 0.05) is 12.8 Å². The van der Waals surface area contributed by atoms with Crippen LogP contribution in [0.3, 0.4) is 0 Å². The van der Waals surface area contributed by atoms with Crippen molar-refractivity contribution in [2.45, 2.75) is 379 Å². The Hall–Kier alpha value is -1.66. The molecule has 0 spiro atoms.